The van der Waals surface area contributed by atoms with Crippen LogP contribution in [0.2, 0.25) is 0 Å². The van der Waals surface area contributed by atoms with Crippen molar-refractivity contribution in [3.8, 4) is 17.2 Å². The van der Waals surface area contributed by atoms with Crippen LogP contribution in [-0.4, -0.2) is 61.0 Å². The molecule has 0 radical (unpaired) electrons. The first-order valence-corrected chi connectivity index (χ1v) is 14.0. The first-order chi connectivity index (χ1) is 17.7. The summed E-state index contributed by atoms with van der Waals surface area (Å²) in [6, 6.07) is 12.8. The molecule has 1 amide bonds. The molecule has 194 valence electrons. The zero-order chi connectivity index (χ0) is 26.6. The van der Waals surface area contributed by atoms with Gasteiger partial charge in [0.05, 0.1) is 29.9 Å². The summed E-state index contributed by atoms with van der Waals surface area (Å²) in [5.41, 5.74) is 1.64. The van der Waals surface area contributed by atoms with E-state index in [-0.39, 0.29) is 34.1 Å². The number of sulfone groups is 1. The van der Waals surface area contributed by atoms with Gasteiger partial charge in [0.25, 0.3) is 5.91 Å². The maximum atomic E-state index is 12.7. The van der Waals surface area contributed by atoms with Crippen LogP contribution in [0.15, 0.2) is 57.4 Å². The summed E-state index contributed by atoms with van der Waals surface area (Å²) >= 11 is 0.761. The summed E-state index contributed by atoms with van der Waals surface area (Å²) < 4.78 is 46.0. The predicted octanol–water partition coefficient (Wildman–Crippen LogP) is 3.86. The van der Waals surface area contributed by atoms with Gasteiger partial charge in [-0.2, -0.15) is 9.39 Å². The average Bonchev–Trinajstić information content (AvgIpc) is 3.31. The van der Waals surface area contributed by atoms with Crippen molar-refractivity contribution in [3.05, 3.63) is 59.2 Å². The lowest BCUT2D eigenvalue weighted by Gasteiger charge is -2.24. The summed E-state index contributed by atoms with van der Waals surface area (Å²) in [7, 11) is -3.72. The minimum atomic E-state index is -3.72. The molecule has 4 rings (SSSR count). The second-order valence-corrected chi connectivity index (χ2v) is 10.9. The zero-order valence-electron chi connectivity index (χ0n) is 20.6. The van der Waals surface area contributed by atoms with Gasteiger partial charge >= 0.3 is 0 Å². The largest absolute Gasteiger partial charge is 0.490 e. The van der Waals surface area contributed by atoms with Gasteiger partial charge in [0.1, 0.15) is 24.8 Å². The fourth-order valence-electron chi connectivity index (χ4n) is 3.44. The number of hydrogen-bond donors (Lipinski definition) is 1. The molecule has 0 fully saturated rings. The van der Waals surface area contributed by atoms with Gasteiger partial charge in [-0.25, -0.2) is 13.3 Å². The van der Waals surface area contributed by atoms with Gasteiger partial charge < -0.3 is 14.2 Å². The molecule has 0 unspecified atom stereocenters. The molecule has 12 heteroatoms. The number of fused-ring (bicyclic) bond motifs is 1. The Kier molecular flexibility index (Phi) is 7.98. The van der Waals surface area contributed by atoms with E-state index in [1.165, 1.54) is 13.0 Å². The van der Waals surface area contributed by atoms with Crippen molar-refractivity contribution in [2.45, 2.75) is 20.8 Å². The number of aryl methyl sites for hydroxylation is 1. The van der Waals surface area contributed by atoms with Gasteiger partial charge in [0.2, 0.25) is 20.2 Å². The number of nitrogens with zero attached hydrogens (tertiary/aromatic N) is 3. The summed E-state index contributed by atoms with van der Waals surface area (Å²) in [6.45, 7) is 6.35. The van der Waals surface area contributed by atoms with Crippen molar-refractivity contribution in [2.75, 3.05) is 25.6 Å². The Labute approximate surface area is 219 Å². The van der Waals surface area contributed by atoms with Crippen LogP contribution in [0.5, 0.6) is 17.2 Å². The van der Waals surface area contributed by atoms with Gasteiger partial charge in [0, 0.05) is 0 Å². The normalized spacial score (nSPS) is 16.4. The third-order valence-corrected chi connectivity index (χ3v) is 7.77. The molecule has 2 heterocycles. The Bertz CT molecular complexity index is 1420. The lowest BCUT2D eigenvalue weighted by atomic mass is 10.1. The highest BCUT2D eigenvalue weighted by Gasteiger charge is 2.42. The highest BCUT2D eigenvalue weighted by atomic mass is 32.2. The number of amidine groups is 3. The van der Waals surface area contributed by atoms with Gasteiger partial charge in [-0.15, -0.1) is 0 Å². The summed E-state index contributed by atoms with van der Waals surface area (Å²) in [5, 5.41) is 8.29. The van der Waals surface area contributed by atoms with Crippen molar-refractivity contribution < 1.29 is 27.4 Å². The molecule has 0 bridgehead atoms. The van der Waals surface area contributed by atoms with Crippen LogP contribution in [0.3, 0.4) is 0 Å². The van der Waals surface area contributed by atoms with Crippen LogP contribution >= 0.6 is 11.9 Å². The molecule has 2 aromatic rings. The highest BCUT2D eigenvalue weighted by molar-refractivity contribution is 8.16. The van der Waals surface area contributed by atoms with Crippen LogP contribution in [-0.2, 0) is 14.6 Å². The van der Waals surface area contributed by atoms with Gasteiger partial charge in [-0.05, 0) is 49.8 Å². The molecule has 0 aliphatic carbocycles. The number of carbonyl (C=O) groups is 1. The first kappa shape index (κ1) is 26.4. The number of benzene rings is 2. The summed E-state index contributed by atoms with van der Waals surface area (Å²) in [5.74, 6) is 0.567. The van der Waals surface area contributed by atoms with Gasteiger partial charge in [0.15, 0.2) is 11.5 Å². The molecule has 1 N–H and O–H groups in total. The van der Waals surface area contributed by atoms with Crippen molar-refractivity contribution in [1.29, 1.82) is 5.41 Å². The number of carbonyl (C=O) groups excluding carboxylic acids is 1. The molecule has 0 saturated heterocycles. The van der Waals surface area contributed by atoms with E-state index in [1.807, 2.05) is 38.1 Å². The predicted molar refractivity (Wildman–Crippen MR) is 144 cm³/mol. The van der Waals surface area contributed by atoms with Crippen molar-refractivity contribution in [2.24, 2.45) is 9.39 Å². The number of amides is 1. The quantitative estimate of drug-likeness (QED) is 0.287. The third kappa shape index (κ3) is 5.86. The second kappa shape index (κ2) is 11.2. The minimum Gasteiger partial charge on any atom is -0.490 e. The molecule has 0 saturated carbocycles. The molecule has 0 atom stereocenters. The molecule has 2 aliphatic heterocycles. The SMILES string of the molecule is CCOc1cc(/C=C2/C(=N)N3C(=NC2=O)SN=C3S(=O)(=O)CC)ccc1OCCOc1ccc(C)cc1. The van der Waals surface area contributed by atoms with Crippen molar-refractivity contribution >= 4 is 49.9 Å². The van der Waals surface area contributed by atoms with Crippen LogP contribution in [0.1, 0.15) is 25.0 Å². The Morgan fingerprint density at radius 3 is 2.46 bits per heavy atom. The molecule has 0 aromatic heterocycles. The van der Waals surface area contributed by atoms with E-state index in [4.69, 9.17) is 19.6 Å². The fourth-order valence-corrected chi connectivity index (χ4v) is 5.41. The van der Waals surface area contributed by atoms with E-state index in [9.17, 15) is 13.2 Å². The zero-order valence-corrected chi connectivity index (χ0v) is 22.2. The van der Waals surface area contributed by atoms with Crippen LogP contribution < -0.4 is 14.2 Å². The maximum absolute atomic E-state index is 12.7. The topological polar surface area (TPSA) is 131 Å². The van der Waals surface area contributed by atoms with E-state index in [0.29, 0.717) is 30.3 Å². The molecule has 2 aliphatic rings. The molecule has 2 aromatic carbocycles. The van der Waals surface area contributed by atoms with E-state index in [1.54, 1.807) is 18.2 Å². The van der Waals surface area contributed by atoms with Crippen LogP contribution in [0.25, 0.3) is 6.08 Å². The van der Waals surface area contributed by atoms with E-state index in [2.05, 4.69) is 9.39 Å². The molecular weight excluding hydrogens is 516 g/mol. The monoisotopic (exact) mass is 542 g/mol. The number of ether oxygens (including phenoxy) is 3. The smallest absolute Gasteiger partial charge is 0.283 e. The van der Waals surface area contributed by atoms with Gasteiger partial charge in [-0.3, -0.25) is 10.2 Å². The van der Waals surface area contributed by atoms with Crippen molar-refractivity contribution in [3.63, 3.8) is 0 Å². The van der Waals surface area contributed by atoms with E-state index in [0.717, 1.165) is 28.2 Å². The first-order valence-electron chi connectivity index (χ1n) is 11.5. The van der Waals surface area contributed by atoms with Crippen LogP contribution in [0.4, 0.5) is 0 Å². The summed E-state index contributed by atoms with van der Waals surface area (Å²) in [4.78, 5) is 17.7. The number of nitrogens with one attached hydrogen (secondary N) is 1. The third-order valence-electron chi connectivity index (χ3n) is 5.36. The number of aliphatic imine (C=N–C) groups is 1. The Morgan fingerprint density at radius 2 is 1.76 bits per heavy atom. The van der Waals surface area contributed by atoms with Gasteiger partial charge in [-0.1, -0.05) is 30.7 Å². The van der Waals surface area contributed by atoms with E-state index < -0.39 is 15.7 Å². The Morgan fingerprint density at radius 1 is 1.03 bits per heavy atom. The second-order valence-electron chi connectivity index (χ2n) is 7.96. The lowest BCUT2D eigenvalue weighted by molar-refractivity contribution is -0.114. The minimum absolute atomic E-state index is 0.0470. The molecule has 10 nitrogen and oxygen atoms in total. The molecule has 37 heavy (non-hydrogen) atoms. The fraction of sp³-hybridized carbons (Fsp3) is 0.280. The van der Waals surface area contributed by atoms with E-state index >= 15 is 0 Å². The number of hydrogen-bond acceptors (Lipinski definition) is 9. The lowest BCUT2D eigenvalue weighted by Crippen LogP contribution is -2.45. The molecule has 0 spiro atoms. The molecular formula is C25H26N4O6S2. The van der Waals surface area contributed by atoms with Crippen LogP contribution in [0, 0.1) is 12.3 Å². The van der Waals surface area contributed by atoms with Crippen molar-refractivity contribution in [1.82, 2.24) is 4.90 Å². The Hall–Kier alpha value is -3.64. The number of rotatable bonds is 9. The standard InChI is InChI=1S/C25H26N4O6S2/c1-4-33-21-15-17(8-11-20(21)35-13-12-34-18-9-6-16(3)7-10-18)14-19-22(26)29-24(27-23(19)30)36-28-25(29)37(31,32)5-2/h6-11,14-15,26H,4-5,12-13H2,1-3H3/b19-14-,26-22?. The maximum Gasteiger partial charge on any atom is 0.283 e. The summed E-state index contributed by atoms with van der Waals surface area (Å²) in [6.07, 6.45) is 1.47. The Balaban J connectivity index is 1.51. The highest BCUT2D eigenvalue weighted by Crippen LogP contribution is 2.32. The average molecular weight is 543 g/mol.